The van der Waals surface area contributed by atoms with Crippen molar-refractivity contribution in [3.8, 4) is 5.75 Å². The fraction of sp³-hybridized carbons (Fsp3) is 0.625. The van der Waals surface area contributed by atoms with Crippen LogP contribution in [-0.2, 0) is 6.42 Å². The molecule has 0 heterocycles. The molecule has 3 heteroatoms. The van der Waals surface area contributed by atoms with Gasteiger partial charge in [-0.15, -0.1) is 0 Å². The lowest BCUT2D eigenvalue weighted by atomic mass is 9.76. The second-order valence-corrected chi connectivity index (χ2v) is 5.10. The predicted octanol–water partition coefficient (Wildman–Crippen LogP) is 3.79. The normalized spacial score (nSPS) is 11.6. The van der Waals surface area contributed by atoms with Gasteiger partial charge in [-0.2, -0.15) is 0 Å². The summed E-state index contributed by atoms with van der Waals surface area (Å²) in [5, 5.41) is 3.41. The first kappa shape index (κ1) is 16.0. The monoisotopic (exact) mass is 267 g/mol. The van der Waals surface area contributed by atoms with E-state index in [9.17, 15) is 4.39 Å². The molecule has 0 amide bonds. The van der Waals surface area contributed by atoms with E-state index in [-0.39, 0.29) is 11.2 Å². The van der Waals surface area contributed by atoms with Gasteiger partial charge in [0.05, 0.1) is 7.11 Å². The summed E-state index contributed by atoms with van der Waals surface area (Å²) in [7, 11) is 1.51. The summed E-state index contributed by atoms with van der Waals surface area (Å²) in [5.41, 5.74) is 0.865. The molecular formula is C16H26FNO. The number of ether oxygens (including phenoxy) is 1. The molecule has 108 valence electrons. The Kier molecular flexibility index (Phi) is 6.29. The third kappa shape index (κ3) is 3.93. The Morgan fingerprint density at radius 2 is 1.89 bits per heavy atom. The number of rotatable bonds is 8. The Hall–Kier alpha value is -1.09. The molecule has 1 N–H and O–H groups in total. The molecular weight excluding hydrogens is 241 g/mol. The molecule has 2 nitrogen and oxygen atoms in total. The minimum absolute atomic E-state index is 0.114. The average molecular weight is 267 g/mol. The lowest BCUT2D eigenvalue weighted by Gasteiger charge is -2.32. The molecule has 1 aromatic rings. The zero-order valence-electron chi connectivity index (χ0n) is 12.6. The maximum Gasteiger partial charge on any atom is 0.168 e. The van der Waals surface area contributed by atoms with E-state index in [4.69, 9.17) is 4.74 Å². The third-order valence-electron chi connectivity index (χ3n) is 4.08. The molecule has 0 aromatic heterocycles. The van der Waals surface area contributed by atoms with Crippen molar-refractivity contribution in [2.45, 2.75) is 40.0 Å². The number of benzene rings is 1. The van der Waals surface area contributed by atoms with Crippen molar-refractivity contribution in [2.75, 3.05) is 20.2 Å². The van der Waals surface area contributed by atoms with E-state index in [0.29, 0.717) is 5.75 Å². The van der Waals surface area contributed by atoms with Gasteiger partial charge in [0.15, 0.2) is 11.6 Å². The van der Waals surface area contributed by atoms with Crippen molar-refractivity contribution >= 4 is 0 Å². The number of nitrogens with one attached hydrogen (secondary N) is 1. The van der Waals surface area contributed by atoms with Crippen LogP contribution in [0.4, 0.5) is 4.39 Å². The van der Waals surface area contributed by atoms with Gasteiger partial charge in [0.25, 0.3) is 0 Å². The molecule has 1 rings (SSSR count). The summed E-state index contributed by atoms with van der Waals surface area (Å²) in [5.74, 6) is 0.120. The van der Waals surface area contributed by atoms with Gasteiger partial charge in [0.1, 0.15) is 0 Å². The molecule has 0 fully saturated rings. The molecule has 19 heavy (non-hydrogen) atoms. The fourth-order valence-corrected chi connectivity index (χ4v) is 2.46. The molecule has 1 aromatic carbocycles. The highest BCUT2D eigenvalue weighted by Crippen LogP contribution is 2.33. The molecule has 0 aliphatic carbocycles. The molecule has 0 unspecified atom stereocenters. The number of halogens is 1. The summed E-state index contributed by atoms with van der Waals surface area (Å²) in [6.45, 7) is 8.33. The Morgan fingerprint density at radius 1 is 1.21 bits per heavy atom. The zero-order valence-corrected chi connectivity index (χ0v) is 12.6. The lowest BCUT2D eigenvalue weighted by Crippen LogP contribution is -2.35. The van der Waals surface area contributed by atoms with E-state index in [1.165, 1.54) is 7.11 Å². The second-order valence-electron chi connectivity index (χ2n) is 5.10. The predicted molar refractivity (Wildman–Crippen MR) is 78.2 cm³/mol. The standard InChI is InChI=1S/C16H26FNO/c1-5-16(6-2,12-18-7-3)11-13-9-8-10-14(19-4)15(13)17/h8-10,18H,5-7,11-12H2,1-4H3. The van der Waals surface area contributed by atoms with Crippen LogP contribution in [0.15, 0.2) is 18.2 Å². The van der Waals surface area contributed by atoms with Gasteiger partial charge in [-0.3, -0.25) is 0 Å². The van der Waals surface area contributed by atoms with E-state index in [2.05, 4.69) is 26.1 Å². The van der Waals surface area contributed by atoms with Crippen LogP contribution in [0.5, 0.6) is 5.75 Å². The smallest absolute Gasteiger partial charge is 0.168 e. The first-order valence-electron chi connectivity index (χ1n) is 7.14. The Labute approximate surface area is 116 Å². The van der Waals surface area contributed by atoms with Crippen molar-refractivity contribution in [1.82, 2.24) is 5.32 Å². The molecule has 0 aliphatic rings. The quantitative estimate of drug-likeness (QED) is 0.773. The van der Waals surface area contributed by atoms with E-state index in [1.54, 1.807) is 6.07 Å². The summed E-state index contributed by atoms with van der Waals surface area (Å²) in [6.07, 6.45) is 2.82. The Morgan fingerprint density at radius 3 is 2.42 bits per heavy atom. The van der Waals surface area contributed by atoms with Crippen LogP contribution in [0.2, 0.25) is 0 Å². The minimum atomic E-state index is -0.215. The molecule has 0 spiro atoms. The van der Waals surface area contributed by atoms with E-state index < -0.39 is 0 Å². The van der Waals surface area contributed by atoms with Crippen LogP contribution in [0.3, 0.4) is 0 Å². The summed E-state index contributed by atoms with van der Waals surface area (Å²) < 4.78 is 19.3. The Balaban J connectivity index is 2.96. The number of hydrogen-bond acceptors (Lipinski definition) is 2. The van der Waals surface area contributed by atoms with Gasteiger partial charge in [-0.1, -0.05) is 32.9 Å². The van der Waals surface area contributed by atoms with Crippen molar-refractivity contribution < 1.29 is 9.13 Å². The maximum atomic E-state index is 14.3. The molecule has 0 atom stereocenters. The SMILES string of the molecule is CCNCC(CC)(CC)Cc1cccc(OC)c1F. The largest absolute Gasteiger partial charge is 0.494 e. The first-order valence-corrected chi connectivity index (χ1v) is 7.14. The topological polar surface area (TPSA) is 21.3 Å². The summed E-state index contributed by atoms with van der Waals surface area (Å²) in [6, 6.07) is 5.40. The van der Waals surface area contributed by atoms with E-state index >= 15 is 0 Å². The number of methoxy groups -OCH3 is 1. The molecule has 0 aliphatic heterocycles. The average Bonchev–Trinajstić information content (AvgIpc) is 2.45. The third-order valence-corrected chi connectivity index (χ3v) is 4.08. The van der Waals surface area contributed by atoms with Crippen LogP contribution >= 0.6 is 0 Å². The van der Waals surface area contributed by atoms with Gasteiger partial charge >= 0.3 is 0 Å². The molecule has 0 saturated heterocycles. The zero-order chi connectivity index (χ0) is 14.3. The van der Waals surface area contributed by atoms with Crippen LogP contribution in [-0.4, -0.2) is 20.2 Å². The van der Waals surface area contributed by atoms with E-state index in [1.807, 2.05) is 12.1 Å². The van der Waals surface area contributed by atoms with Crippen LogP contribution < -0.4 is 10.1 Å². The van der Waals surface area contributed by atoms with Crippen molar-refractivity contribution in [3.63, 3.8) is 0 Å². The van der Waals surface area contributed by atoms with Gasteiger partial charge in [-0.25, -0.2) is 4.39 Å². The number of hydrogen-bond donors (Lipinski definition) is 1. The van der Waals surface area contributed by atoms with Crippen molar-refractivity contribution in [3.05, 3.63) is 29.6 Å². The maximum absolute atomic E-state index is 14.3. The lowest BCUT2D eigenvalue weighted by molar-refractivity contribution is 0.244. The van der Waals surface area contributed by atoms with Gasteiger partial charge in [0.2, 0.25) is 0 Å². The summed E-state index contributed by atoms with van der Waals surface area (Å²) in [4.78, 5) is 0. The minimum Gasteiger partial charge on any atom is -0.494 e. The van der Waals surface area contributed by atoms with Crippen LogP contribution in [0, 0.1) is 11.2 Å². The highest BCUT2D eigenvalue weighted by Gasteiger charge is 2.27. The molecule has 0 radical (unpaired) electrons. The van der Waals surface area contributed by atoms with Gasteiger partial charge in [-0.05, 0) is 42.9 Å². The van der Waals surface area contributed by atoms with Gasteiger partial charge in [0, 0.05) is 6.54 Å². The van der Waals surface area contributed by atoms with Crippen molar-refractivity contribution in [2.24, 2.45) is 5.41 Å². The Bertz CT molecular complexity index is 388. The first-order chi connectivity index (χ1) is 9.12. The highest BCUT2D eigenvalue weighted by atomic mass is 19.1. The molecule has 0 saturated carbocycles. The fourth-order valence-electron chi connectivity index (χ4n) is 2.46. The molecule has 0 bridgehead atoms. The van der Waals surface area contributed by atoms with Crippen molar-refractivity contribution in [1.29, 1.82) is 0 Å². The summed E-state index contributed by atoms with van der Waals surface area (Å²) >= 11 is 0. The van der Waals surface area contributed by atoms with Crippen LogP contribution in [0.25, 0.3) is 0 Å². The highest BCUT2D eigenvalue weighted by molar-refractivity contribution is 5.31. The van der Waals surface area contributed by atoms with Crippen LogP contribution in [0.1, 0.15) is 39.2 Å². The second kappa shape index (κ2) is 7.49. The van der Waals surface area contributed by atoms with E-state index in [0.717, 1.165) is 37.9 Å². The van der Waals surface area contributed by atoms with Gasteiger partial charge < -0.3 is 10.1 Å².